The van der Waals surface area contributed by atoms with E-state index < -0.39 is 7.27 Å². The monoisotopic (exact) mass is 165 g/mol. The van der Waals surface area contributed by atoms with Crippen LogP contribution in [-0.2, 0) is 0 Å². The number of hydrogen-bond donors (Lipinski definition) is 0. The Bertz CT molecular complexity index is 48.3. The Morgan fingerprint density at radius 2 is 1.67 bits per heavy atom. The predicted molar refractivity (Wildman–Crippen MR) is 26.5 cm³/mol. The first-order chi connectivity index (χ1) is 3.13. The summed E-state index contributed by atoms with van der Waals surface area (Å²) in [6, 6.07) is 0. The molecule has 1 nitrogen and oxygen atoms in total. The van der Waals surface area contributed by atoms with Gasteiger partial charge >= 0.3 is 58.7 Å². The topological polar surface area (TPSA) is 3.24 Å². The van der Waals surface area contributed by atoms with Gasteiger partial charge in [0.1, 0.15) is 0 Å². The number of halogens is 3. The van der Waals surface area contributed by atoms with Gasteiger partial charge < -0.3 is 9.60 Å². The van der Waals surface area contributed by atoms with Gasteiger partial charge in [0.05, 0.1) is 0 Å². The third kappa shape index (κ3) is 17.7. The Morgan fingerprint density at radius 3 is 1.67 bits per heavy atom. The Morgan fingerprint density at radius 1 is 1.33 bits per heavy atom. The van der Waals surface area contributed by atoms with E-state index in [0.29, 0.717) is 0 Å². The molecule has 0 N–H and O–H groups in total. The van der Waals surface area contributed by atoms with E-state index in [0.717, 1.165) is 0 Å². The van der Waals surface area contributed by atoms with Crippen molar-refractivity contribution in [3.8, 4) is 0 Å². The van der Waals surface area contributed by atoms with Crippen LogP contribution in [0.4, 0.5) is 8.63 Å². The van der Waals surface area contributed by atoms with Crippen molar-refractivity contribution >= 4 is 7.27 Å². The summed E-state index contributed by atoms with van der Waals surface area (Å²) < 4.78 is 22.5. The molecule has 0 aromatic rings. The molecule has 50 valence electrons. The average molecular weight is 165 g/mol. The molecule has 0 saturated heterocycles. The second kappa shape index (κ2) is 9.45. The first-order valence-electron chi connectivity index (χ1n) is 2.06. The van der Waals surface area contributed by atoms with Crippen LogP contribution in [-0.4, -0.2) is 32.7 Å². The summed E-state index contributed by atoms with van der Waals surface area (Å²) in [5.74, 6) is 0. The fourth-order valence-electron chi connectivity index (χ4n) is 0.276. The van der Waals surface area contributed by atoms with Crippen LogP contribution in [0, 0.1) is 0 Å². The second-order valence-electron chi connectivity index (χ2n) is 1.65. The Labute approximate surface area is 96.1 Å². The van der Waals surface area contributed by atoms with Gasteiger partial charge in [-0.1, -0.05) is 0 Å². The van der Waals surface area contributed by atoms with E-state index in [4.69, 9.17) is 0 Å². The van der Waals surface area contributed by atoms with E-state index in [-0.39, 0.29) is 62.5 Å². The summed E-state index contributed by atoms with van der Waals surface area (Å²) in [7, 11) is 1.04. The molecule has 0 saturated carbocycles. The molecule has 0 radical (unpaired) electrons. The molecule has 0 spiro atoms. The molecule has 0 aliphatic heterocycles. The first-order valence-corrected chi connectivity index (χ1v) is 2.06. The first kappa shape index (κ1) is 16.8. The van der Waals surface area contributed by atoms with Crippen molar-refractivity contribution < 1.29 is 64.7 Å². The van der Waals surface area contributed by atoms with E-state index in [9.17, 15) is 8.63 Å². The van der Waals surface area contributed by atoms with Crippen molar-refractivity contribution in [3.63, 3.8) is 0 Å². The maximum Gasteiger partial charge on any atom is 1.00 e. The maximum absolute atomic E-state index is 11.2. The average Bonchev–Trinajstić information content (AvgIpc) is 1.27. The zero-order chi connectivity index (χ0) is 5.86. The third-order valence-electron chi connectivity index (χ3n) is 0.503. The van der Waals surface area contributed by atoms with Crippen LogP contribution in [0.3, 0.4) is 0 Å². The van der Waals surface area contributed by atoms with Gasteiger partial charge in [0, 0.05) is 6.44 Å². The molecule has 0 unspecified atom stereocenters. The van der Waals surface area contributed by atoms with Gasteiger partial charge in [0.2, 0.25) is 0 Å². The fourth-order valence-corrected chi connectivity index (χ4v) is 0.276. The van der Waals surface area contributed by atoms with Crippen molar-refractivity contribution in [3.05, 3.63) is 0 Å². The Kier molecular flexibility index (Phi) is 17.7. The van der Waals surface area contributed by atoms with Crippen LogP contribution >= 0.6 is 0 Å². The van der Waals surface area contributed by atoms with Crippen LogP contribution in [0.1, 0.15) is 0 Å². The number of rotatable bonds is 2. The molecule has 0 aromatic heterocycles. The molecule has 0 aromatic carbocycles. The predicted octanol–water partition coefficient (Wildman–Crippen LogP) is -5.48. The van der Waals surface area contributed by atoms with Crippen molar-refractivity contribution in [1.82, 2.24) is 4.90 Å². The van der Waals surface area contributed by atoms with Crippen LogP contribution in [0.25, 0.3) is 0 Å². The maximum atomic E-state index is 11.2. The number of nitrogens with zero attached hydrogens (tertiary/aromatic N) is 1. The van der Waals surface area contributed by atoms with Gasteiger partial charge in [-0.3, -0.25) is 8.63 Å². The molecule has 0 fully saturated rings. The van der Waals surface area contributed by atoms with Crippen molar-refractivity contribution in [2.45, 2.75) is 0 Å². The minimum absolute atomic E-state index is 0. The van der Waals surface area contributed by atoms with Crippen molar-refractivity contribution in [2.24, 2.45) is 0 Å². The summed E-state index contributed by atoms with van der Waals surface area (Å²) in [4.78, 5) is 1.45. The SMILES string of the molecule is CN(C)CB(F)F.[F-].[K+]. The second-order valence-corrected chi connectivity index (χ2v) is 1.65. The summed E-state index contributed by atoms with van der Waals surface area (Å²) in [5.41, 5.74) is 0. The van der Waals surface area contributed by atoms with Crippen LogP contribution < -0.4 is 56.1 Å². The van der Waals surface area contributed by atoms with Gasteiger partial charge in [-0.05, 0) is 14.1 Å². The molecule has 0 atom stereocenters. The fraction of sp³-hybridized carbons (Fsp3) is 1.00. The molecule has 0 aliphatic carbocycles. The summed E-state index contributed by atoms with van der Waals surface area (Å²) in [6.45, 7) is 0. The molecule has 0 aliphatic rings. The summed E-state index contributed by atoms with van der Waals surface area (Å²) in [5, 5.41) is 0. The van der Waals surface area contributed by atoms with Gasteiger partial charge in [-0.2, -0.15) is 0 Å². The van der Waals surface area contributed by atoms with Crippen LogP contribution in [0.5, 0.6) is 0 Å². The molecule has 0 amide bonds. The van der Waals surface area contributed by atoms with E-state index >= 15 is 0 Å². The molecule has 0 bridgehead atoms. The Balaban J connectivity index is -0.000000180. The normalized spacial score (nSPS) is 7.67. The minimum Gasteiger partial charge on any atom is -1.00 e. The van der Waals surface area contributed by atoms with Crippen LogP contribution in [0.15, 0.2) is 0 Å². The molecule has 0 rings (SSSR count). The molecule has 9 heavy (non-hydrogen) atoms. The molecular formula is C3H8BF3KN. The zero-order valence-corrected chi connectivity index (χ0v) is 8.99. The van der Waals surface area contributed by atoms with Gasteiger partial charge in [-0.15, -0.1) is 0 Å². The van der Waals surface area contributed by atoms with E-state index in [1.54, 1.807) is 14.1 Å². The number of hydrogen-bond acceptors (Lipinski definition) is 1. The van der Waals surface area contributed by atoms with Crippen molar-refractivity contribution in [1.29, 1.82) is 0 Å². The molecule has 0 heterocycles. The largest absolute Gasteiger partial charge is 1.00 e. The van der Waals surface area contributed by atoms with Crippen molar-refractivity contribution in [2.75, 3.05) is 20.5 Å². The Hall–Kier alpha value is 1.45. The summed E-state index contributed by atoms with van der Waals surface area (Å²) in [6.07, 6.45) is -0.139. The van der Waals surface area contributed by atoms with Gasteiger partial charge in [-0.25, -0.2) is 0 Å². The van der Waals surface area contributed by atoms with Gasteiger partial charge in [0.25, 0.3) is 0 Å². The molecular weight excluding hydrogens is 157 g/mol. The quantitative estimate of drug-likeness (QED) is 0.369. The van der Waals surface area contributed by atoms with E-state index in [2.05, 4.69) is 0 Å². The van der Waals surface area contributed by atoms with Crippen LogP contribution in [0.2, 0.25) is 0 Å². The smallest absolute Gasteiger partial charge is 1.00 e. The third-order valence-corrected chi connectivity index (χ3v) is 0.503. The van der Waals surface area contributed by atoms with E-state index in [1.165, 1.54) is 4.90 Å². The standard InChI is InChI=1S/C3H8BF2N.FH.K/c1-7(2)3-4(5)6;;/h3H2,1-2H3;1H;/q;;+1/p-1. The molecule has 6 heteroatoms. The zero-order valence-electron chi connectivity index (χ0n) is 5.87. The van der Waals surface area contributed by atoms with Gasteiger partial charge in [0.15, 0.2) is 0 Å². The van der Waals surface area contributed by atoms with E-state index in [1.807, 2.05) is 0 Å². The summed E-state index contributed by atoms with van der Waals surface area (Å²) >= 11 is 0. The minimum atomic E-state index is -2.20.